The van der Waals surface area contributed by atoms with E-state index in [1.807, 2.05) is 30.0 Å². The lowest BCUT2D eigenvalue weighted by atomic mass is 9.97. The van der Waals surface area contributed by atoms with Crippen LogP contribution in [0.4, 0.5) is 11.5 Å². The maximum atomic E-state index is 12.7. The Morgan fingerprint density at radius 2 is 2.17 bits per heavy atom. The summed E-state index contributed by atoms with van der Waals surface area (Å²) in [6, 6.07) is 10.0. The summed E-state index contributed by atoms with van der Waals surface area (Å²) in [5.74, 6) is 0.823. The van der Waals surface area contributed by atoms with Gasteiger partial charge in [0.05, 0.1) is 5.75 Å². The van der Waals surface area contributed by atoms with Crippen LogP contribution in [0, 0.1) is 6.92 Å². The van der Waals surface area contributed by atoms with E-state index in [1.54, 1.807) is 6.07 Å². The summed E-state index contributed by atoms with van der Waals surface area (Å²) in [7, 11) is 0. The first-order chi connectivity index (χ1) is 11.0. The summed E-state index contributed by atoms with van der Waals surface area (Å²) < 4.78 is 0. The SMILES string of the molecule is Cc1cc(N)nc(SCC(=O)N2c3ccccc3CC[C@H]2C)n1. The normalized spacial score (nSPS) is 17.0. The van der Waals surface area contributed by atoms with Crippen LogP contribution in [0.2, 0.25) is 0 Å². The van der Waals surface area contributed by atoms with Crippen molar-refractivity contribution in [3.8, 4) is 0 Å². The summed E-state index contributed by atoms with van der Waals surface area (Å²) in [4.78, 5) is 23.1. The van der Waals surface area contributed by atoms with E-state index in [0.717, 1.165) is 24.2 Å². The first-order valence-electron chi connectivity index (χ1n) is 7.68. The number of carbonyl (C=O) groups excluding carboxylic acids is 1. The number of fused-ring (bicyclic) bond motifs is 1. The van der Waals surface area contributed by atoms with Crippen molar-refractivity contribution >= 4 is 29.2 Å². The number of hydrogen-bond acceptors (Lipinski definition) is 5. The van der Waals surface area contributed by atoms with Gasteiger partial charge in [-0.3, -0.25) is 4.79 Å². The van der Waals surface area contributed by atoms with Crippen molar-refractivity contribution in [3.63, 3.8) is 0 Å². The molecule has 1 amide bonds. The van der Waals surface area contributed by atoms with Crippen LogP contribution in [0.15, 0.2) is 35.5 Å². The third-order valence-electron chi connectivity index (χ3n) is 3.97. The highest BCUT2D eigenvalue weighted by molar-refractivity contribution is 7.99. The van der Waals surface area contributed by atoms with Crippen LogP contribution >= 0.6 is 11.8 Å². The fourth-order valence-corrected chi connectivity index (χ4v) is 3.66. The molecule has 2 N–H and O–H groups in total. The number of amides is 1. The molecule has 23 heavy (non-hydrogen) atoms. The maximum absolute atomic E-state index is 12.7. The van der Waals surface area contributed by atoms with E-state index in [9.17, 15) is 4.79 Å². The molecule has 6 heteroatoms. The molecular formula is C17H20N4OS. The molecule has 1 aliphatic rings. The van der Waals surface area contributed by atoms with E-state index in [1.165, 1.54) is 17.3 Å². The molecule has 1 aromatic carbocycles. The molecule has 0 bridgehead atoms. The summed E-state index contributed by atoms with van der Waals surface area (Å²) in [6.45, 7) is 3.96. The Hall–Kier alpha value is -2.08. The van der Waals surface area contributed by atoms with Crippen molar-refractivity contribution in [2.45, 2.75) is 37.9 Å². The second-order valence-corrected chi connectivity index (χ2v) is 6.73. The highest BCUT2D eigenvalue weighted by atomic mass is 32.2. The highest BCUT2D eigenvalue weighted by Crippen LogP contribution is 2.31. The third-order valence-corrected chi connectivity index (χ3v) is 4.80. The summed E-state index contributed by atoms with van der Waals surface area (Å²) in [5.41, 5.74) is 8.81. The lowest BCUT2D eigenvalue weighted by Crippen LogP contribution is -2.43. The van der Waals surface area contributed by atoms with E-state index >= 15 is 0 Å². The smallest absolute Gasteiger partial charge is 0.237 e. The first kappa shape index (κ1) is 15.8. The molecule has 120 valence electrons. The molecule has 0 spiro atoms. The predicted molar refractivity (Wildman–Crippen MR) is 93.6 cm³/mol. The lowest BCUT2D eigenvalue weighted by molar-refractivity contribution is -0.116. The number of nitrogens with zero attached hydrogens (tertiary/aromatic N) is 3. The van der Waals surface area contributed by atoms with Gasteiger partial charge in [0, 0.05) is 23.5 Å². The number of anilines is 2. The minimum Gasteiger partial charge on any atom is -0.384 e. The van der Waals surface area contributed by atoms with Crippen molar-refractivity contribution in [1.29, 1.82) is 0 Å². The Labute approximate surface area is 140 Å². The number of para-hydroxylation sites is 1. The molecule has 1 aliphatic heterocycles. The summed E-state index contributed by atoms with van der Waals surface area (Å²) >= 11 is 1.33. The van der Waals surface area contributed by atoms with Crippen molar-refractivity contribution in [2.75, 3.05) is 16.4 Å². The van der Waals surface area contributed by atoms with Crippen LogP contribution in [-0.2, 0) is 11.2 Å². The van der Waals surface area contributed by atoms with E-state index in [2.05, 4.69) is 23.0 Å². The lowest BCUT2D eigenvalue weighted by Gasteiger charge is -2.35. The molecule has 5 nitrogen and oxygen atoms in total. The average molecular weight is 328 g/mol. The molecule has 0 radical (unpaired) electrons. The molecule has 1 aromatic heterocycles. The van der Waals surface area contributed by atoms with E-state index in [4.69, 9.17) is 5.73 Å². The van der Waals surface area contributed by atoms with Crippen LogP contribution < -0.4 is 10.6 Å². The molecule has 0 aliphatic carbocycles. The maximum Gasteiger partial charge on any atom is 0.237 e. The fourth-order valence-electron chi connectivity index (χ4n) is 2.89. The van der Waals surface area contributed by atoms with Gasteiger partial charge in [0.2, 0.25) is 5.91 Å². The Morgan fingerprint density at radius 1 is 1.39 bits per heavy atom. The van der Waals surface area contributed by atoms with Gasteiger partial charge in [0.15, 0.2) is 5.16 Å². The van der Waals surface area contributed by atoms with Crippen LogP contribution in [0.25, 0.3) is 0 Å². The minimum absolute atomic E-state index is 0.0818. The minimum atomic E-state index is 0.0818. The number of rotatable bonds is 3. The second-order valence-electron chi connectivity index (χ2n) is 5.79. The number of hydrogen-bond donors (Lipinski definition) is 1. The van der Waals surface area contributed by atoms with Gasteiger partial charge in [-0.05, 0) is 38.3 Å². The number of nitrogen functional groups attached to an aromatic ring is 1. The van der Waals surface area contributed by atoms with Crippen LogP contribution in [0.5, 0.6) is 0 Å². The van der Waals surface area contributed by atoms with Crippen LogP contribution in [0.1, 0.15) is 24.6 Å². The number of nitrogens with two attached hydrogens (primary N) is 1. The number of carbonyl (C=O) groups is 1. The Kier molecular flexibility index (Phi) is 4.52. The molecule has 0 saturated carbocycles. The van der Waals surface area contributed by atoms with Crippen molar-refractivity contribution in [2.24, 2.45) is 0 Å². The Bertz CT molecular complexity index is 714. The molecular weight excluding hydrogens is 308 g/mol. The monoisotopic (exact) mass is 328 g/mol. The molecule has 1 atom stereocenters. The van der Waals surface area contributed by atoms with Gasteiger partial charge in [-0.2, -0.15) is 0 Å². The Morgan fingerprint density at radius 3 is 2.96 bits per heavy atom. The van der Waals surface area contributed by atoms with Crippen molar-refractivity contribution in [1.82, 2.24) is 9.97 Å². The van der Waals surface area contributed by atoms with Gasteiger partial charge < -0.3 is 10.6 Å². The standard InChI is InChI=1S/C17H20N4OS/c1-11-9-15(18)20-17(19-11)23-10-16(22)21-12(2)7-8-13-5-3-4-6-14(13)21/h3-6,9,12H,7-8,10H2,1-2H3,(H2,18,19,20)/t12-/m1/s1. The highest BCUT2D eigenvalue weighted by Gasteiger charge is 2.27. The number of thioether (sulfide) groups is 1. The predicted octanol–water partition coefficient (Wildman–Crippen LogP) is 2.83. The summed E-state index contributed by atoms with van der Waals surface area (Å²) in [6.07, 6.45) is 2.01. The molecule has 3 rings (SSSR count). The van der Waals surface area contributed by atoms with Gasteiger partial charge >= 0.3 is 0 Å². The van der Waals surface area contributed by atoms with Gasteiger partial charge in [0.1, 0.15) is 5.82 Å². The number of aryl methyl sites for hydroxylation is 2. The zero-order valence-corrected chi connectivity index (χ0v) is 14.1. The van der Waals surface area contributed by atoms with Gasteiger partial charge in [-0.1, -0.05) is 30.0 Å². The molecule has 2 aromatic rings. The zero-order valence-electron chi connectivity index (χ0n) is 13.3. The van der Waals surface area contributed by atoms with E-state index in [0.29, 0.717) is 16.7 Å². The third kappa shape index (κ3) is 3.47. The van der Waals surface area contributed by atoms with Gasteiger partial charge in [-0.15, -0.1) is 0 Å². The van der Waals surface area contributed by atoms with E-state index in [-0.39, 0.29) is 11.9 Å². The number of aromatic nitrogens is 2. The van der Waals surface area contributed by atoms with Crippen molar-refractivity contribution < 1.29 is 4.79 Å². The fraction of sp³-hybridized carbons (Fsp3) is 0.353. The van der Waals surface area contributed by atoms with Crippen LogP contribution in [0.3, 0.4) is 0 Å². The Balaban J connectivity index is 1.75. The largest absolute Gasteiger partial charge is 0.384 e. The summed E-state index contributed by atoms with van der Waals surface area (Å²) in [5, 5.41) is 0.550. The molecule has 0 saturated heterocycles. The topological polar surface area (TPSA) is 72.1 Å². The zero-order chi connectivity index (χ0) is 16.4. The van der Waals surface area contributed by atoms with E-state index < -0.39 is 0 Å². The first-order valence-corrected chi connectivity index (χ1v) is 8.67. The van der Waals surface area contributed by atoms with Gasteiger partial charge in [-0.25, -0.2) is 9.97 Å². The quantitative estimate of drug-likeness (QED) is 0.693. The second kappa shape index (κ2) is 6.58. The molecule has 0 unspecified atom stereocenters. The van der Waals surface area contributed by atoms with Gasteiger partial charge in [0.25, 0.3) is 0 Å². The van der Waals surface area contributed by atoms with Crippen LogP contribution in [-0.4, -0.2) is 27.7 Å². The molecule has 0 fully saturated rings. The molecule has 2 heterocycles. The van der Waals surface area contributed by atoms with Crippen molar-refractivity contribution in [3.05, 3.63) is 41.6 Å². The average Bonchev–Trinajstić information content (AvgIpc) is 2.51. The number of benzene rings is 1.